The van der Waals surface area contributed by atoms with Gasteiger partial charge in [-0.1, -0.05) is 12.1 Å². The van der Waals surface area contributed by atoms with Gasteiger partial charge in [-0.05, 0) is 80.7 Å². The molecule has 2 aliphatic carbocycles. The Hall–Kier alpha value is -0.726. The Kier molecular flexibility index (Phi) is 8.18. The van der Waals surface area contributed by atoms with Crippen molar-refractivity contribution >= 4 is 29.5 Å². The zero-order valence-electron chi connectivity index (χ0n) is 18.0. The summed E-state index contributed by atoms with van der Waals surface area (Å²) >= 11 is 1.20. The average Bonchev–Trinajstić information content (AvgIpc) is 3.39. The number of aryl methyl sites for hydroxylation is 2. The van der Waals surface area contributed by atoms with Crippen molar-refractivity contribution in [1.29, 1.82) is 0 Å². The number of benzene rings is 1. The summed E-state index contributed by atoms with van der Waals surface area (Å²) in [6.45, 7) is 4.46. The number of fused-ring (bicyclic) bond motifs is 2. The van der Waals surface area contributed by atoms with E-state index in [4.69, 9.17) is 9.57 Å². The molecule has 1 aliphatic heterocycles. The van der Waals surface area contributed by atoms with Gasteiger partial charge in [-0.15, -0.1) is 0 Å². The van der Waals surface area contributed by atoms with Crippen LogP contribution in [0.1, 0.15) is 48.9 Å². The molecule has 1 aromatic rings. The van der Waals surface area contributed by atoms with E-state index in [0.29, 0.717) is 18.9 Å². The van der Waals surface area contributed by atoms with Crippen LogP contribution in [0.4, 0.5) is 5.69 Å². The number of aliphatic imine (C=N–C) groups is 1. The van der Waals surface area contributed by atoms with Crippen molar-refractivity contribution < 1.29 is 42.2 Å². The molecule has 1 fully saturated rings. The largest absolute Gasteiger partial charge is 0.499 e. The predicted molar refractivity (Wildman–Crippen MR) is 119 cm³/mol. The third kappa shape index (κ3) is 4.16. The number of esters is 1. The standard InChI is InChI=1S/C22H29N4O2S.Y/c1-4-8-19(23-3)22(21(27)28-5-2)14-26(25-29-24-22)20-17-11-6-9-15(17)13-16-10-7-12-18(16)20;/h4,8,13,24H,5-7,9-12,14H2,1-3H3;/q-1;/b8-4-,23-19?;. The Morgan fingerprint density at radius 2 is 1.97 bits per heavy atom. The summed E-state index contributed by atoms with van der Waals surface area (Å²) in [5.74, 6) is -0.310. The van der Waals surface area contributed by atoms with Crippen LogP contribution in [-0.4, -0.2) is 37.4 Å². The Morgan fingerprint density at radius 3 is 2.53 bits per heavy atom. The van der Waals surface area contributed by atoms with Crippen LogP contribution in [0.5, 0.6) is 0 Å². The number of carbonyl (C=O) groups excluding carboxylic acids is 1. The van der Waals surface area contributed by atoms with Crippen LogP contribution < -0.4 is 9.73 Å². The fourth-order valence-corrected chi connectivity index (χ4v) is 5.50. The van der Waals surface area contributed by atoms with Crippen LogP contribution in [0, 0.1) is 0 Å². The molecule has 6 nitrogen and oxygen atoms in total. The Labute approximate surface area is 208 Å². The third-order valence-corrected chi connectivity index (χ3v) is 6.79. The van der Waals surface area contributed by atoms with Crippen LogP contribution in [-0.2, 0) is 67.9 Å². The number of carbonyl (C=O) groups is 1. The minimum absolute atomic E-state index is 0. The molecule has 1 aromatic carbocycles. The molecular formula is C22H29N4O2SY-. The van der Waals surface area contributed by atoms with Crippen LogP contribution in [0.2, 0.25) is 0 Å². The first-order valence-electron chi connectivity index (χ1n) is 10.5. The molecular weight excluding hydrogens is 473 g/mol. The number of nitrogens with one attached hydrogen (secondary N) is 1. The van der Waals surface area contributed by atoms with E-state index in [1.807, 2.05) is 31.0 Å². The van der Waals surface area contributed by atoms with E-state index in [2.05, 4.69) is 15.8 Å². The van der Waals surface area contributed by atoms with Gasteiger partial charge < -0.3 is 14.6 Å². The average molecular weight is 502 g/mol. The van der Waals surface area contributed by atoms with Crippen molar-refractivity contribution in [3.8, 4) is 0 Å². The SMILES string of the molecule is C/C=C\C(=NC)C1(C(=O)OCC)CN(c2c3c(cc4c2CCC4)CCC3)[N-]SN1.[Y]. The number of rotatable bonds is 5. The number of hydrogen-bond acceptors (Lipinski definition) is 6. The van der Waals surface area contributed by atoms with Gasteiger partial charge in [0.1, 0.15) is 0 Å². The number of hydrogen-bond donors (Lipinski definition) is 1. The topological polar surface area (TPSA) is 68.0 Å². The molecule has 159 valence electrons. The first-order valence-corrected chi connectivity index (χ1v) is 11.3. The maximum absolute atomic E-state index is 13.2. The quantitative estimate of drug-likeness (QED) is 0.376. The van der Waals surface area contributed by atoms with Gasteiger partial charge in [-0.2, -0.15) is 12.1 Å². The van der Waals surface area contributed by atoms with Gasteiger partial charge in [0.15, 0.2) is 5.54 Å². The zero-order chi connectivity index (χ0) is 20.4. The van der Waals surface area contributed by atoms with E-state index in [1.54, 1.807) is 7.05 Å². The molecule has 1 radical (unpaired) electrons. The monoisotopic (exact) mass is 502 g/mol. The maximum atomic E-state index is 13.2. The minimum atomic E-state index is -1.06. The van der Waals surface area contributed by atoms with E-state index >= 15 is 0 Å². The molecule has 0 saturated carbocycles. The van der Waals surface area contributed by atoms with Crippen molar-refractivity contribution in [3.05, 3.63) is 45.3 Å². The van der Waals surface area contributed by atoms with Crippen molar-refractivity contribution in [2.24, 2.45) is 4.99 Å². The number of nitrogens with zero attached hydrogens (tertiary/aromatic N) is 3. The first-order chi connectivity index (χ1) is 14.1. The Morgan fingerprint density at radius 1 is 1.30 bits per heavy atom. The molecule has 8 heteroatoms. The molecule has 0 spiro atoms. The molecule has 1 N–H and O–H groups in total. The second kappa shape index (κ2) is 10.3. The smallest absolute Gasteiger partial charge is 0.335 e. The molecule has 0 bridgehead atoms. The van der Waals surface area contributed by atoms with Crippen molar-refractivity contribution in [1.82, 2.24) is 4.72 Å². The van der Waals surface area contributed by atoms with Gasteiger partial charge in [0, 0.05) is 52.0 Å². The van der Waals surface area contributed by atoms with E-state index < -0.39 is 5.54 Å². The van der Waals surface area contributed by atoms with Crippen LogP contribution in [0.3, 0.4) is 0 Å². The van der Waals surface area contributed by atoms with Gasteiger partial charge in [0.25, 0.3) is 0 Å². The third-order valence-electron chi connectivity index (χ3n) is 6.07. The van der Waals surface area contributed by atoms with E-state index in [0.717, 1.165) is 25.7 Å². The Balaban J connectivity index is 0.00000256. The number of allylic oxidation sites excluding steroid dienone is 1. The molecule has 1 heterocycles. The second-order valence-corrected chi connectivity index (χ2v) is 8.32. The zero-order valence-corrected chi connectivity index (χ0v) is 21.7. The molecule has 4 rings (SSSR count). The van der Waals surface area contributed by atoms with E-state index in [9.17, 15) is 4.79 Å². The fourth-order valence-electron chi connectivity index (χ4n) is 4.81. The van der Waals surface area contributed by atoms with E-state index in [-0.39, 0.29) is 38.7 Å². The summed E-state index contributed by atoms with van der Waals surface area (Å²) in [6, 6.07) is 2.42. The van der Waals surface area contributed by atoms with Crippen molar-refractivity contribution in [3.63, 3.8) is 0 Å². The Bertz CT molecular complexity index is 841. The van der Waals surface area contributed by atoms with Gasteiger partial charge in [0.05, 0.1) is 12.3 Å². The summed E-state index contributed by atoms with van der Waals surface area (Å²) in [5, 5.41) is 2.04. The maximum Gasteiger partial charge on any atom is 0.335 e. The van der Waals surface area contributed by atoms with Crippen LogP contribution >= 0.6 is 12.1 Å². The van der Waals surface area contributed by atoms with Crippen LogP contribution in [0.25, 0.3) is 4.83 Å². The molecule has 1 atom stereocenters. The summed E-state index contributed by atoms with van der Waals surface area (Å²) in [7, 11) is 1.72. The van der Waals surface area contributed by atoms with Gasteiger partial charge in [-0.3, -0.25) is 9.71 Å². The van der Waals surface area contributed by atoms with E-state index in [1.165, 1.54) is 52.9 Å². The number of ether oxygens (including phenoxy) is 1. The van der Waals surface area contributed by atoms with Crippen molar-refractivity contribution in [2.45, 2.75) is 57.9 Å². The first kappa shape index (κ1) is 23.9. The summed E-state index contributed by atoms with van der Waals surface area (Å²) < 4.78 is 8.73. The van der Waals surface area contributed by atoms with Crippen molar-refractivity contribution in [2.75, 3.05) is 25.2 Å². The fraction of sp³-hybridized carbons (Fsp3) is 0.545. The van der Waals surface area contributed by atoms with Gasteiger partial charge >= 0.3 is 5.97 Å². The molecule has 30 heavy (non-hydrogen) atoms. The molecule has 1 saturated heterocycles. The van der Waals surface area contributed by atoms with Gasteiger partial charge in [0.2, 0.25) is 0 Å². The molecule has 0 amide bonds. The molecule has 1 unspecified atom stereocenters. The second-order valence-electron chi connectivity index (χ2n) is 7.77. The molecule has 3 aliphatic rings. The predicted octanol–water partition coefficient (Wildman–Crippen LogP) is 3.87. The molecule has 0 aromatic heterocycles. The summed E-state index contributed by atoms with van der Waals surface area (Å²) in [5.41, 5.74) is 6.57. The number of anilines is 1. The minimum Gasteiger partial charge on any atom is -0.499 e. The van der Waals surface area contributed by atoms with Gasteiger partial charge in [-0.25, -0.2) is 4.79 Å². The summed E-state index contributed by atoms with van der Waals surface area (Å²) in [6.07, 6.45) is 10.6. The summed E-state index contributed by atoms with van der Waals surface area (Å²) in [4.78, 5) is 22.3. The van der Waals surface area contributed by atoms with Crippen LogP contribution in [0.15, 0.2) is 23.2 Å². The normalized spacial score (nSPS) is 23.3.